The minimum Gasteiger partial charge on any atom is -0.332 e. The van der Waals surface area contributed by atoms with Gasteiger partial charge in [-0.3, -0.25) is 13.9 Å². The Morgan fingerprint density at radius 3 is 2.57 bits per heavy atom. The van der Waals surface area contributed by atoms with Crippen molar-refractivity contribution in [1.82, 2.24) is 4.90 Å². The van der Waals surface area contributed by atoms with Gasteiger partial charge in [0.1, 0.15) is 0 Å². The second-order valence-corrected chi connectivity index (χ2v) is 9.77. The highest BCUT2D eigenvalue weighted by atomic mass is 32.2. The number of anilines is 2. The van der Waals surface area contributed by atoms with Crippen LogP contribution in [-0.4, -0.2) is 51.0 Å². The first-order valence-corrected chi connectivity index (χ1v) is 11.6. The molecule has 2 aromatic carbocycles. The van der Waals surface area contributed by atoms with Gasteiger partial charge < -0.3 is 10.2 Å². The Bertz CT molecular complexity index is 1110. The fraction of sp³-hybridized carbons (Fsp3) is 0.364. The molecule has 1 N–H and O–H groups in total. The van der Waals surface area contributed by atoms with Gasteiger partial charge in [-0.05, 0) is 68.1 Å². The van der Waals surface area contributed by atoms with Crippen molar-refractivity contribution in [2.24, 2.45) is 0 Å². The van der Waals surface area contributed by atoms with E-state index in [0.717, 1.165) is 22.4 Å². The van der Waals surface area contributed by atoms with E-state index < -0.39 is 10.0 Å². The zero-order valence-corrected chi connectivity index (χ0v) is 18.7. The van der Waals surface area contributed by atoms with Gasteiger partial charge in [0.25, 0.3) is 5.91 Å². The lowest BCUT2D eigenvalue weighted by molar-refractivity contribution is -0.116. The number of amides is 2. The third-order valence-electron chi connectivity index (χ3n) is 5.44. The molecule has 3 rings (SSSR count). The lowest BCUT2D eigenvalue weighted by Gasteiger charge is -2.22. The molecule has 7 nitrogen and oxygen atoms in total. The van der Waals surface area contributed by atoms with Crippen LogP contribution in [-0.2, 0) is 21.2 Å². The summed E-state index contributed by atoms with van der Waals surface area (Å²) in [6.07, 6.45) is 1.72. The number of carbonyl (C=O) groups excluding carboxylic acids is 2. The molecule has 1 atom stereocenters. The maximum Gasteiger partial charge on any atom is 0.254 e. The number of likely N-dealkylation sites (N-methyl/N-ethyl adjacent to an activating group) is 1. The molecule has 1 heterocycles. The van der Waals surface area contributed by atoms with Crippen LogP contribution in [0, 0.1) is 13.8 Å². The molecule has 0 fully saturated rings. The zero-order valence-electron chi connectivity index (χ0n) is 17.9. The normalized spacial score (nSPS) is 15.6. The Balaban J connectivity index is 1.72. The van der Waals surface area contributed by atoms with Crippen LogP contribution in [0.1, 0.15) is 34.0 Å². The van der Waals surface area contributed by atoms with E-state index in [2.05, 4.69) is 5.32 Å². The predicted octanol–water partition coefficient (Wildman–Crippen LogP) is 2.72. The molecule has 1 aliphatic heterocycles. The van der Waals surface area contributed by atoms with Crippen molar-refractivity contribution in [2.45, 2.75) is 33.2 Å². The van der Waals surface area contributed by atoms with Crippen LogP contribution in [0.25, 0.3) is 0 Å². The molecule has 160 valence electrons. The third kappa shape index (κ3) is 4.33. The zero-order chi connectivity index (χ0) is 22.2. The average Bonchev–Trinajstić information content (AvgIpc) is 2.99. The summed E-state index contributed by atoms with van der Waals surface area (Å²) >= 11 is 0. The minimum absolute atomic E-state index is 0.0881. The molecule has 0 aromatic heterocycles. The summed E-state index contributed by atoms with van der Waals surface area (Å²) < 4.78 is 25.5. The highest BCUT2D eigenvalue weighted by Crippen LogP contribution is 2.34. The van der Waals surface area contributed by atoms with Gasteiger partial charge in [-0.2, -0.15) is 0 Å². The van der Waals surface area contributed by atoms with Gasteiger partial charge in [-0.25, -0.2) is 8.42 Å². The summed E-state index contributed by atoms with van der Waals surface area (Å²) in [6.45, 7) is 5.66. The highest BCUT2D eigenvalue weighted by molar-refractivity contribution is 7.92. The van der Waals surface area contributed by atoms with Gasteiger partial charge >= 0.3 is 0 Å². The second-order valence-electron chi connectivity index (χ2n) is 7.91. The van der Waals surface area contributed by atoms with Gasteiger partial charge in [-0.1, -0.05) is 12.1 Å². The van der Waals surface area contributed by atoms with E-state index in [1.807, 2.05) is 39.0 Å². The predicted molar refractivity (Wildman–Crippen MR) is 118 cm³/mol. The molecule has 0 radical (unpaired) electrons. The standard InChI is InChI=1S/C22H27N3O4S/c1-14-7-6-8-19(16(14)3)23-21(26)13-24(4)22(27)17-9-10-20-18(12-17)11-15(2)25(20)30(5,28)29/h6-10,12,15H,11,13H2,1-5H3,(H,23,26)/t15-/m0/s1. The first-order valence-electron chi connectivity index (χ1n) is 9.73. The van der Waals surface area contributed by atoms with Crippen molar-refractivity contribution < 1.29 is 18.0 Å². The number of sulfonamides is 1. The summed E-state index contributed by atoms with van der Waals surface area (Å²) in [6, 6.07) is 10.5. The summed E-state index contributed by atoms with van der Waals surface area (Å²) in [5.74, 6) is -0.572. The molecule has 2 aromatic rings. The van der Waals surface area contributed by atoms with Crippen molar-refractivity contribution in [3.05, 3.63) is 58.7 Å². The van der Waals surface area contributed by atoms with Crippen molar-refractivity contribution in [1.29, 1.82) is 0 Å². The van der Waals surface area contributed by atoms with Crippen LogP contribution in [0.15, 0.2) is 36.4 Å². The topological polar surface area (TPSA) is 86.8 Å². The number of carbonyl (C=O) groups is 2. The van der Waals surface area contributed by atoms with Crippen LogP contribution in [0.2, 0.25) is 0 Å². The first-order chi connectivity index (χ1) is 14.0. The van der Waals surface area contributed by atoms with Gasteiger partial charge in [-0.15, -0.1) is 0 Å². The van der Waals surface area contributed by atoms with Crippen molar-refractivity contribution >= 4 is 33.2 Å². The monoisotopic (exact) mass is 429 g/mol. The molecule has 0 aliphatic carbocycles. The van der Waals surface area contributed by atoms with Crippen LogP contribution in [0.4, 0.5) is 11.4 Å². The fourth-order valence-corrected chi connectivity index (χ4v) is 5.09. The number of hydrogen-bond acceptors (Lipinski definition) is 4. The first kappa shape index (κ1) is 21.8. The molecule has 1 aliphatic rings. The molecule has 30 heavy (non-hydrogen) atoms. The number of benzene rings is 2. The molecular formula is C22H27N3O4S. The molecule has 0 unspecified atom stereocenters. The average molecular weight is 430 g/mol. The molecule has 0 saturated heterocycles. The van der Waals surface area contributed by atoms with Crippen molar-refractivity contribution in [3.8, 4) is 0 Å². The SMILES string of the molecule is Cc1cccc(NC(=O)CN(C)C(=O)c2ccc3c(c2)C[C@H](C)N3S(C)(=O)=O)c1C. The van der Waals surface area contributed by atoms with Crippen molar-refractivity contribution in [2.75, 3.05) is 29.5 Å². The Hall–Kier alpha value is -2.87. The number of hydrogen-bond donors (Lipinski definition) is 1. The minimum atomic E-state index is -3.38. The Morgan fingerprint density at radius 1 is 1.20 bits per heavy atom. The van der Waals surface area contributed by atoms with E-state index in [9.17, 15) is 18.0 Å². The van der Waals surface area contributed by atoms with Gasteiger partial charge in [0.2, 0.25) is 15.9 Å². The van der Waals surface area contributed by atoms with E-state index in [4.69, 9.17) is 0 Å². The number of rotatable bonds is 5. The number of fused-ring (bicyclic) bond motifs is 1. The summed E-state index contributed by atoms with van der Waals surface area (Å²) in [4.78, 5) is 26.6. The summed E-state index contributed by atoms with van der Waals surface area (Å²) in [7, 11) is -1.81. The molecule has 0 spiro atoms. The third-order valence-corrected chi connectivity index (χ3v) is 6.71. The number of aryl methyl sites for hydroxylation is 1. The largest absolute Gasteiger partial charge is 0.332 e. The van der Waals surface area contributed by atoms with Gasteiger partial charge in [0.15, 0.2) is 0 Å². The van der Waals surface area contributed by atoms with Crippen LogP contribution >= 0.6 is 0 Å². The van der Waals surface area contributed by atoms with E-state index in [-0.39, 0.29) is 24.4 Å². The maximum absolute atomic E-state index is 12.8. The molecule has 0 saturated carbocycles. The lowest BCUT2D eigenvalue weighted by Crippen LogP contribution is -2.35. The van der Waals surface area contributed by atoms with E-state index >= 15 is 0 Å². The molecular weight excluding hydrogens is 402 g/mol. The Kier molecular flexibility index (Phi) is 5.90. The van der Waals surface area contributed by atoms with Gasteiger partial charge in [0, 0.05) is 24.3 Å². The van der Waals surface area contributed by atoms with Crippen LogP contribution < -0.4 is 9.62 Å². The van der Waals surface area contributed by atoms with Crippen LogP contribution in [0.3, 0.4) is 0 Å². The second kappa shape index (κ2) is 8.10. The Morgan fingerprint density at radius 2 is 1.90 bits per heavy atom. The van der Waals surface area contributed by atoms with Gasteiger partial charge in [0.05, 0.1) is 18.5 Å². The Labute approximate surface area is 177 Å². The number of nitrogens with one attached hydrogen (secondary N) is 1. The highest BCUT2D eigenvalue weighted by Gasteiger charge is 2.33. The smallest absolute Gasteiger partial charge is 0.254 e. The molecule has 8 heteroatoms. The molecule has 0 bridgehead atoms. The lowest BCUT2D eigenvalue weighted by atomic mass is 10.1. The maximum atomic E-state index is 12.8. The van der Waals surface area contributed by atoms with Crippen LogP contribution in [0.5, 0.6) is 0 Å². The van der Waals surface area contributed by atoms with E-state index in [1.54, 1.807) is 25.2 Å². The summed E-state index contributed by atoms with van der Waals surface area (Å²) in [5.41, 5.74) is 4.64. The van der Waals surface area contributed by atoms with Crippen molar-refractivity contribution in [3.63, 3.8) is 0 Å². The van der Waals surface area contributed by atoms with E-state index in [0.29, 0.717) is 17.7 Å². The van der Waals surface area contributed by atoms with E-state index in [1.165, 1.54) is 15.5 Å². The fourth-order valence-electron chi connectivity index (χ4n) is 3.83. The summed E-state index contributed by atoms with van der Waals surface area (Å²) in [5, 5.41) is 2.85. The quantitative estimate of drug-likeness (QED) is 0.792. The molecule has 2 amide bonds. The number of nitrogens with zero attached hydrogens (tertiary/aromatic N) is 2.